The van der Waals surface area contributed by atoms with E-state index in [2.05, 4.69) is 54.8 Å². The van der Waals surface area contributed by atoms with E-state index in [9.17, 15) is 48.3 Å². The Morgan fingerprint density at radius 3 is 1.55 bits per heavy atom. The van der Waals surface area contributed by atoms with Gasteiger partial charge in [-0.15, -0.1) is 0 Å². The summed E-state index contributed by atoms with van der Waals surface area (Å²) in [7, 11) is 0. The van der Waals surface area contributed by atoms with Crippen LogP contribution in [0.1, 0.15) is 130 Å². The molecule has 0 spiro atoms. The molecule has 1 aromatic carbocycles. The van der Waals surface area contributed by atoms with Gasteiger partial charge in [0.25, 0.3) is 0 Å². The number of nitrogens with two attached hydrogens (primary N) is 4. The number of aliphatic hydroxyl groups excluding tert-OH is 1. The minimum absolute atomic E-state index is 0.0365. The summed E-state index contributed by atoms with van der Waals surface area (Å²) in [6.45, 7) is 8.89. The molecule has 1 aromatic rings. The first-order valence-electron chi connectivity index (χ1n) is 26.5. The molecule has 18 N–H and O–H groups in total. The van der Waals surface area contributed by atoms with E-state index in [1.54, 1.807) is 30.3 Å². The molecule has 0 unspecified atom stereocenters. The monoisotopic (exact) mass is 1040 g/mol. The van der Waals surface area contributed by atoms with E-state index in [1.165, 1.54) is 0 Å². The molecule has 1 heterocycles. The molecule has 1 aliphatic rings. The Labute approximate surface area is 436 Å². The number of carbonyl (C=O) groups excluding carboxylic acids is 9. The minimum atomic E-state index is -1.46. The highest BCUT2D eigenvalue weighted by Crippen LogP contribution is 2.13. The Morgan fingerprint density at radius 2 is 1.05 bits per heavy atom. The van der Waals surface area contributed by atoms with Gasteiger partial charge in [0.15, 0.2) is 0 Å². The van der Waals surface area contributed by atoms with Crippen LogP contribution in [0.5, 0.6) is 0 Å². The molecule has 74 heavy (non-hydrogen) atoms. The molecule has 0 aromatic heterocycles. The number of benzene rings is 1. The maximum atomic E-state index is 14.3. The molecule has 23 heteroatoms. The first-order chi connectivity index (χ1) is 35.3. The van der Waals surface area contributed by atoms with Crippen LogP contribution in [0.25, 0.3) is 0 Å². The van der Waals surface area contributed by atoms with Crippen LogP contribution >= 0.6 is 0 Å². The highest BCUT2D eigenvalue weighted by molar-refractivity contribution is 5.98. The molecule has 9 amide bonds. The van der Waals surface area contributed by atoms with Crippen LogP contribution < -0.4 is 70.8 Å². The number of rotatable bonds is 25. The smallest absolute Gasteiger partial charge is 0.243 e. The van der Waals surface area contributed by atoms with Gasteiger partial charge in [0, 0.05) is 13.0 Å². The van der Waals surface area contributed by atoms with Crippen molar-refractivity contribution in [2.75, 3.05) is 32.7 Å². The standard InChI is InChI=1S/C51H89N13O10/c1-6-7-8-9-13-16-34(65)30-43(66)57-35(17-22-52)45(68)61-39-21-26-56-44(67)40(27-31(2)3)62-47(70)37(19-24-54)58-46(69)36(18-23-53)60-51(74)42(29-33-14-11-10-12-15-33)64-50(73)41(28-32(4)5)63-48(71)38(20-25-55)59-49(39)72/h10-12,14-15,31-32,34-42,65H,6-9,13,16-30,52-55H2,1-5H3,(H,56,67)(H,57,66)(H,58,69)(H,59,72)(H,60,74)(H,61,68)(H,62,70)(H,63,71)(H,64,73)/t34-,35-,36+,37+,38+,39+,40+,41+,42-/m1/s1. The van der Waals surface area contributed by atoms with E-state index in [4.69, 9.17) is 22.9 Å². The number of amides is 9. The second-order valence-corrected chi connectivity index (χ2v) is 19.9. The Kier molecular flexibility index (Phi) is 30.8. The molecule has 0 bridgehead atoms. The fraction of sp³-hybridized carbons (Fsp3) is 0.706. The quantitative estimate of drug-likeness (QED) is 0.0482. The SMILES string of the molecule is CCCCCCC[C@@H](O)CC(=O)N[C@H](CCN)C(=O)N[C@H]1CCNC(=O)[C@H](CC(C)C)NC(=O)[C@H](CCN)NC(=O)[C@H](CCN)NC(=O)[C@@H](Cc2ccccc2)NC(=O)[C@H](CC(C)C)NC(=O)[C@H](CCN)NC1=O. The summed E-state index contributed by atoms with van der Waals surface area (Å²) in [6.07, 6.45) is 3.60. The van der Waals surface area contributed by atoms with E-state index >= 15 is 0 Å². The lowest BCUT2D eigenvalue weighted by Crippen LogP contribution is -2.61. The van der Waals surface area contributed by atoms with Crippen molar-refractivity contribution in [1.29, 1.82) is 0 Å². The first kappa shape index (κ1) is 64.4. The summed E-state index contributed by atoms with van der Waals surface area (Å²) in [6, 6.07) is -1.54. The topological polar surface area (TPSA) is 386 Å². The number of hydrogen-bond acceptors (Lipinski definition) is 14. The van der Waals surface area contributed by atoms with Crippen LogP contribution in [0.4, 0.5) is 0 Å². The average molecular weight is 1040 g/mol. The Morgan fingerprint density at radius 1 is 0.595 bits per heavy atom. The first-order valence-corrected chi connectivity index (χ1v) is 26.5. The summed E-state index contributed by atoms with van der Waals surface area (Å²) in [5.41, 5.74) is 24.3. The molecular formula is C51H89N13O10. The van der Waals surface area contributed by atoms with Gasteiger partial charge in [-0.05, 0) is 94.9 Å². The molecule has 2 rings (SSSR count). The van der Waals surface area contributed by atoms with Crippen LogP contribution in [0.3, 0.4) is 0 Å². The third-order valence-electron chi connectivity index (χ3n) is 12.4. The predicted octanol–water partition coefficient (Wildman–Crippen LogP) is -1.77. The molecule has 1 aliphatic heterocycles. The van der Waals surface area contributed by atoms with Crippen LogP contribution in [0.15, 0.2) is 30.3 Å². The normalized spacial score (nSPS) is 23.0. The molecule has 0 aliphatic carbocycles. The largest absolute Gasteiger partial charge is 0.393 e. The zero-order chi connectivity index (χ0) is 55.2. The van der Waals surface area contributed by atoms with E-state index in [0.29, 0.717) is 12.0 Å². The lowest BCUT2D eigenvalue weighted by molar-refractivity contribution is -0.136. The van der Waals surface area contributed by atoms with Gasteiger partial charge < -0.3 is 75.9 Å². The van der Waals surface area contributed by atoms with E-state index in [-0.39, 0.29) is 102 Å². The number of aliphatic hydroxyl groups is 1. The third-order valence-corrected chi connectivity index (χ3v) is 12.4. The van der Waals surface area contributed by atoms with Crippen molar-refractivity contribution in [2.45, 2.75) is 185 Å². The van der Waals surface area contributed by atoms with Crippen molar-refractivity contribution in [3.63, 3.8) is 0 Å². The predicted molar refractivity (Wildman–Crippen MR) is 281 cm³/mol. The van der Waals surface area contributed by atoms with Crippen LogP contribution in [0, 0.1) is 11.8 Å². The van der Waals surface area contributed by atoms with Crippen molar-refractivity contribution >= 4 is 53.2 Å². The van der Waals surface area contributed by atoms with Gasteiger partial charge in [0.05, 0.1) is 12.5 Å². The second kappa shape index (κ2) is 35.4. The van der Waals surface area contributed by atoms with Gasteiger partial charge in [-0.3, -0.25) is 43.2 Å². The lowest BCUT2D eigenvalue weighted by Gasteiger charge is -2.28. The summed E-state index contributed by atoms with van der Waals surface area (Å²) in [5.74, 6) is -7.09. The van der Waals surface area contributed by atoms with Gasteiger partial charge in [-0.1, -0.05) is 97.1 Å². The number of carbonyl (C=O) groups is 9. The van der Waals surface area contributed by atoms with E-state index in [0.717, 1.165) is 32.1 Å². The Hall–Kier alpha value is -5.75. The third kappa shape index (κ3) is 24.5. The molecule has 418 valence electrons. The van der Waals surface area contributed by atoms with Gasteiger partial charge >= 0.3 is 0 Å². The van der Waals surface area contributed by atoms with Crippen molar-refractivity contribution in [2.24, 2.45) is 34.8 Å². The Bertz CT molecular complexity index is 1930. The maximum absolute atomic E-state index is 14.3. The molecule has 9 atom stereocenters. The van der Waals surface area contributed by atoms with Gasteiger partial charge in [-0.25, -0.2) is 0 Å². The fourth-order valence-electron chi connectivity index (χ4n) is 8.40. The molecule has 0 radical (unpaired) electrons. The number of unbranched alkanes of at least 4 members (excludes halogenated alkanes) is 4. The maximum Gasteiger partial charge on any atom is 0.243 e. The minimum Gasteiger partial charge on any atom is -0.393 e. The lowest BCUT2D eigenvalue weighted by atomic mass is 10.00. The molecule has 23 nitrogen and oxygen atoms in total. The summed E-state index contributed by atoms with van der Waals surface area (Å²) in [5, 5.41) is 34.7. The van der Waals surface area contributed by atoms with Crippen LogP contribution in [-0.2, 0) is 49.6 Å². The van der Waals surface area contributed by atoms with Crippen LogP contribution in [-0.4, -0.2) is 145 Å². The molecular weight excluding hydrogens is 955 g/mol. The molecule has 1 saturated heterocycles. The Balaban J connectivity index is 2.67. The zero-order valence-electron chi connectivity index (χ0n) is 44.3. The second-order valence-electron chi connectivity index (χ2n) is 19.9. The van der Waals surface area contributed by atoms with Gasteiger partial charge in [0.2, 0.25) is 53.2 Å². The van der Waals surface area contributed by atoms with Gasteiger partial charge in [0.1, 0.15) is 48.3 Å². The van der Waals surface area contributed by atoms with Crippen molar-refractivity contribution < 1.29 is 48.3 Å². The van der Waals surface area contributed by atoms with Crippen molar-refractivity contribution in [3.8, 4) is 0 Å². The number of nitrogens with one attached hydrogen (secondary N) is 9. The van der Waals surface area contributed by atoms with Crippen molar-refractivity contribution in [1.82, 2.24) is 47.9 Å². The van der Waals surface area contributed by atoms with Gasteiger partial charge in [-0.2, -0.15) is 0 Å². The van der Waals surface area contributed by atoms with Crippen molar-refractivity contribution in [3.05, 3.63) is 35.9 Å². The highest BCUT2D eigenvalue weighted by Gasteiger charge is 2.35. The highest BCUT2D eigenvalue weighted by atomic mass is 16.3. The molecule has 1 fully saturated rings. The summed E-state index contributed by atoms with van der Waals surface area (Å²) in [4.78, 5) is 126. The van der Waals surface area contributed by atoms with Crippen LogP contribution in [0.2, 0.25) is 0 Å². The average Bonchev–Trinajstić information content (AvgIpc) is 3.34. The fourth-order valence-corrected chi connectivity index (χ4v) is 8.40. The zero-order valence-corrected chi connectivity index (χ0v) is 44.3. The summed E-state index contributed by atoms with van der Waals surface area (Å²) >= 11 is 0. The van der Waals surface area contributed by atoms with E-state index < -0.39 is 108 Å². The summed E-state index contributed by atoms with van der Waals surface area (Å²) < 4.78 is 0. The number of hydrogen-bond donors (Lipinski definition) is 14. The molecule has 0 saturated carbocycles. The van der Waals surface area contributed by atoms with E-state index in [1.807, 2.05) is 27.7 Å².